The van der Waals surface area contributed by atoms with Crippen LogP contribution >= 0.6 is 0 Å². The van der Waals surface area contributed by atoms with Crippen molar-refractivity contribution in [1.82, 2.24) is 20.2 Å². The van der Waals surface area contributed by atoms with Gasteiger partial charge in [0.25, 0.3) is 11.8 Å². The van der Waals surface area contributed by atoms with Gasteiger partial charge in [0.2, 0.25) is 11.8 Å². The van der Waals surface area contributed by atoms with Gasteiger partial charge in [-0.3, -0.25) is 34.2 Å². The molecule has 2 saturated heterocycles. The van der Waals surface area contributed by atoms with E-state index in [4.69, 9.17) is 9.47 Å². The molecule has 0 spiro atoms. The second-order valence-electron chi connectivity index (χ2n) is 14.3. The molecule has 2 fully saturated rings. The molecule has 3 aliphatic rings. The van der Waals surface area contributed by atoms with E-state index in [9.17, 15) is 24.0 Å². The minimum absolute atomic E-state index is 0.0828. The third kappa shape index (κ3) is 7.39. The second kappa shape index (κ2) is 14.6. The Labute approximate surface area is 307 Å². The third-order valence-corrected chi connectivity index (χ3v) is 10.4. The Balaban J connectivity index is 0.932. The number of nitrogens with one attached hydrogen (secondary N) is 1. The van der Waals surface area contributed by atoms with E-state index in [1.165, 1.54) is 6.92 Å². The highest BCUT2D eigenvalue weighted by Gasteiger charge is 2.45. The van der Waals surface area contributed by atoms with Crippen LogP contribution in [0.15, 0.2) is 79.0 Å². The number of aromatic nitrogens is 2. The predicted molar refractivity (Wildman–Crippen MR) is 195 cm³/mol. The zero-order valence-electron chi connectivity index (χ0n) is 30.0. The van der Waals surface area contributed by atoms with Gasteiger partial charge in [-0.25, -0.2) is 9.97 Å². The number of Topliss-reactive ketones (excluding diaryl/α,β-unsaturated/α-hetero) is 1. The number of rotatable bonds is 11. The first kappa shape index (κ1) is 35.5. The molecule has 7 rings (SSSR count). The van der Waals surface area contributed by atoms with Gasteiger partial charge in [0, 0.05) is 49.7 Å². The molecule has 2 unspecified atom stereocenters. The van der Waals surface area contributed by atoms with Crippen LogP contribution < -0.4 is 19.7 Å². The maximum Gasteiger partial charge on any atom is 0.262 e. The fourth-order valence-electron chi connectivity index (χ4n) is 7.21. The zero-order valence-corrected chi connectivity index (χ0v) is 30.0. The largest absolute Gasteiger partial charge is 0.493 e. The highest BCUT2D eigenvalue weighted by Crippen LogP contribution is 2.35. The van der Waals surface area contributed by atoms with Gasteiger partial charge in [0.15, 0.2) is 11.6 Å². The SMILES string of the molecule is CC(=O)c1nccc(COc2ccc(C(C)(C)c3ccc(OCC4CCCN(c5ccc6c(c5)C(=O)N(C5CCC(=O)NC5=O)C6=O)C4)cc3)cc2)n1. The summed E-state index contributed by atoms with van der Waals surface area (Å²) in [5.74, 6) is -0.283. The van der Waals surface area contributed by atoms with E-state index >= 15 is 0 Å². The minimum atomic E-state index is -0.987. The zero-order chi connectivity index (χ0) is 37.3. The first-order valence-electron chi connectivity index (χ1n) is 17.9. The quantitative estimate of drug-likeness (QED) is 0.161. The Morgan fingerprint density at radius 1 is 0.868 bits per heavy atom. The molecule has 1 N–H and O–H groups in total. The molecule has 0 saturated carbocycles. The van der Waals surface area contributed by atoms with E-state index < -0.39 is 29.7 Å². The summed E-state index contributed by atoms with van der Waals surface area (Å²) in [5.41, 5.74) is 4.04. The number of ether oxygens (including phenoxy) is 2. The highest BCUT2D eigenvalue weighted by atomic mass is 16.5. The van der Waals surface area contributed by atoms with Crippen molar-refractivity contribution < 1.29 is 33.4 Å². The molecule has 272 valence electrons. The van der Waals surface area contributed by atoms with Crippen molar-refractivity contribution in [1.29, 1.82) is 0 Å². The van der Waals surface area contributed by atoms with E-state index in [1.54, 1.807) is 24.4 Å². The number of carbonyl (C=O) groups excluding carboxylic acids is 5. The summed E-state index contributed by atoms with van der Waals surface area (Å²) in [6, 6.07) is 22.2. The van der Waals surface area contributed by atoms with Crippen LogP contribution in [0.2, 0.25) is 0 Å². The Kier molecular flexibility index (Phi) is 9.78. The summed E-state index contributed by atoms with van der Waals surface area (Å²) < 4.78 is 12.2. The van der Waals surface area contributed by atoms with Crippen LogP contribution in [0.3, 0.4) is 0 Å². The lowest BCUT2D eigenvalue weighted by Crippen LogP contribution is -2.54. The third-order valence-electron chi connectivity index (χ3n) is 10.4. The molecule has 12 heteroatoms. The summed E-state index contributed by atoms with van der Waals surface area (Å²) in [4.78, 5) is 73.6. The first-order valence-corrected chi connectivity index (χ1v) is 17.9. The van der Waals surface area contributed by atoms with E-state index in [-0.39, 0.29) is 53.5 Å². The number of nitrogens with zero attached hydrogens (tertiary/aromatic N) is 4. The van der Waals surface area contributed by atoms with Crippen LogP contribution in [0.4, 0.5) is 5.69 Å². The predicted octanol–water partition coefficient (Wildman–Crippen LogP) is 5.28. The fourth-order valence-corrected chi connectivity index (χ4v) is 7.21. The smallest absolute Gasteiger partial charge is 0.262 e. The Morgan fingerprint density at radius 2 is 1.55 bits per heavy atom. The van der Waals surface area contributed by atoms with Gasteiger partial charge in [-0.1, -0.05) is 38.1 Å². The molecular formula is C41H41N5O7. The van der Waals surface area contributed by atoms with Crippen LogP contribution in [-0.4, -0.2) is 70.0 Å². The van der Waals surface area contributed by atoms with Gasteiger partial charge < -0.3 is 14.4 Å². The van der Waals surface area contributed by atoms with Gasteiger partial charge in [-0.05, 0) is 78.9 Å². The van der Waals surface area contributed by atoms with Crippen molar-refractivity contribution in [2.45, 2.75) is 64.5 Å². The normalized spacial score (nSPS) is 18.8. The molecule has 4 aromatic rings. The maximum absolute atomic E-state index is 13.4. The fraction of sp³-hybridized carbons (Fsp3) is 0.341. The number of imide groups is 2. The number of benzene rings is 3. The lowest BCUT2D eigenvalue weighted by atomic mass is 9.78. The van der Waals surface area contributed by atoms with Gasteiger partial charge in [0.1, 0.15) is 24.1 Å². The lowest BCUT2D eigenvalue weighted by molar-refractivity contribution is -0.136. The van der Waals surface area contributed by atoms with Crippen molar-refractivity contribution >= 4 is 35.1 Å². The van der Waals surface area contributed by atoms with Crippen LogP contribution in [0, 0.1) is 5.92 Å². The van der Waals surface area contributed by atoms with Gasteiger partial charge >= 0.3 is 0 Å². The van der Waals surface area contributed by atoms with Crippen LogP contribution in [0.5, 0.6) is 11.5 Å². The maximum atomic E-state index is 13.4. The van der Waals surface area contributed by atoms with E-state index in [0.717, 1.165) is 53.4 Å². The van der Waals surface area contributed by atoms with E-state index in [2.05, 4.69) is 58.3 Å². The molecule has 2 atom stereocenters. The number of hydrogen-bond donors (Lipinski definition) is 1. The van der Waals surface area contributed by atoms with Crippen molar-refractivity contribution in [2.75, 3.05) is 24.6 Å². The summed E-state index contributed by atoms with van der Waals surface area (Å²) in [6.07, 6.45) is 3.73. The van der Waals surface area contributed by atoms with Gasteiger partial charge in [0.05, 0.1) is 23.4 Å². The minimum Gasteiger partial charge on any atom is -0.493 e. The molecule has 3 aromatic carbocycles. The average Bonchev–Trinajstić information content (AvgIpc) is 3.41. The Morgan fingerprint density at radius 3 is 2.23 bits per heavy atom. The van der Waals surface area contributed by atoms with Gasteiger partial charge in [-0.2, -0.15) is 0 Å². The molecule has 4 heterocycles. The van der Waals surface area contributed by atoms with Crippen molar-refractivity contribution in [2.24, 2.45) is 5.92 Å². The second-order valence-corrected chi connectivity index (χ2v) is 14.3. The standard InChI is InChI=1S/C41H41N5O7/c1-25(47)37-42-19-18-29(43-37)24-53-32-13-8-28(9-14-32)41(2,3)27-6-11-31(12-7-27)52-23-26-5-4-20-45(22-26)30-10-15-33-34(21-30)40(51)46(39(33)50)35-16-17-36(48)44-38(35)49/h6-15,18-19,21,26,35H,4-5,16-17,20,22-24H2,1-3H3,(H,44,48,49). The van der Waals surface area contributed by atoms with E-state index in [1.807, 2.05) is 30.3 Å². The van der Waals surface area contributed by atoms with Crippen molar-refractivity contribution in [3.63, 3.8) is 0 Å². The van der Waals surface area contributed by atoms with Gasteiger partial charge in [-0.15, -0.1) is 0 Å². The van der Waals surface area contributed by atoms with Crippen LogP contribution in [-0.2, 0) is 21.6 Å². The Hall–Kier alpha value is -5.91. The number of ketones is 1. The number of anilines is 1. The molecular weight excluding hydrogens is 674 g/mol. The molecule has 0 bridgehead atoms. The number of fused-ring (bicyclic) bond motifs is 1. The monoisotopic (exact) mass is 715 g/mol. The summed E-state index contributed by atoms with van der Waals surface area (Å²) >= 11 is 0. The lowest BCUT2D eigenvalue weighted by Gasteiger charge is -2.34. The van der Waals surface area contributed by atoms with Crippen LogP contribution in [0.1, 0.15) is 94.6 Å². The molecule has 0 radical (unpaired) electrons. The molecule has 1 aromatic heterocycles. The summed E-state index contributed by atoms with van der Waals surface area (Å²) in [6.45, 7) is 8.11. The number of hydrogen-bond acceptors (Lipinski definition) is 10. The molecule has 4 amide bonds. The molecule has 3 aliphatic heterocycles. The number of amides is 4. The number of carbonyl (C=O) groups is 5. The Bertz CT molecular complexity index is 2080. The van der Waals surface area contributed by atoms with Crippen molar-refractivity contribution in [3.05, 3.63) is 113 Å². The molecule has 53 heavy (non-hydrogen) atoms. The summed E-state index contributed by atoms with van der Waals surface area (Å²) in [5, 5.41) is 2.24. The molecule has 0 aliphatic carbocycles. The molecule has 12 nitrogen and oxygen atoms in total. The summed E-state index contributed by atoms with van der Waals surface area (Å²) in [7, 11) is 0. The van der Waals surface area contributed by atoms with Crippen LogP contribution in [0.25, 0.3) is 0 Å². The first-order chi connectivity index (χ1) is 25.5. The highest BCUT2D eigenvalue weighted by molar-refractivity contribution is 6.23. The topological polar surface area (TPSA) is 148 Å². The van der Waals surface area contributed by atoms with Crippen molar-refractivity contribution in [3.8, 4) is 11.5 Å². The van der Waals surface area contributed by atoms with E-state index in [0.29, 0.717) is 18.1 Å². The average molecular weight is 716 g/mol. The number of piperidine rings is 2.